The number of nitrogens with zero attached hydrogens (tertiary/aromatic N) is 4. The molecule has 3 heterocycles. The first-order valence-electron chi connectivity index (χ1n) is 7.82. The summed E-state index contributed by atoms with van der Waals surface area (Å²) in [5.74, 6) is -0.347. The third kappa shape index (κ3) is 3.06. The fourth-order valence-electron chi connectivity index (χ4n) is 2.84. The Morgan fingerprint density at radius 3 is 2.84 bits per heavy atom. The predicted octanol–water partition coefficient (Wildman–Crippen LogP) is 3.18. The summed E-state index contributed by atoms with van der Waals surface area (Å²) in [4.78, 5) is 12.1. The normalized spacial score (nSPS) is 11.1. The van der Waals surface area contributed by atoms with Crippen molar-refractivity contribution in [2.75, 3.05) is 7.11 Å². The van der Waals surface area contributed by atoms with Crippen LogP contribution >= 0.6 is 11.3 Å². The highest BCUT2D eigenvalue weighted by Crippen LogP contribution is 2.26. The summed E-state index contributed by atoms with van der Waals surface area (Å²) >= 11 is 1.60. The van der Waals surface area contributed by atoms with Crippen LogP contribution in [0.15, 0.2) is 54.0 Å². The molecule has 0 amide bonds. The van der Waals surface area contributed by atoms with E-state index in [-0.39, 0.29) is 5.97 Å². The average molecular weight is 352 g/mol. The molecule has 0 aliphatic heterocycles. The van der Waals surface area contributed by atoms with Crippen molar-refractivity contribution in [3.05, 3.63) is 71.0 Å². The van der Waals surface area contributed by atoms with Gasteiger partial charge in [0.25, 0.3) is 0 Å². The van der Waals surface area contributed by atoms with Gasteiger partial charge in [0.2, 0.25) is 0 Å². The first-order chi connectivity index (χ1) is 12.2. The molecule has 0 saturated carbocycles. The lowest BCUT2D eigenvalue weighted by atomic mass is 10.2. The number of ether oxygens (including phenoxy) is 1. The maximum atomic E-state index is 12.1. The fraction of sp³-hybridized carbons (Fsp3) is 0.167. The van der Waals surface area contributed by atoms with Crippen LogP contribution in [0.3, 0.4) is 0 Å². The molecule has 0 aliphatic carbocycles. The molecule has 4 rings (SSSR count). The Morgan fingerprint density at radius 2 is 2.04 bits per heavy atom. The van der Waals surface area contributed by atoms with Crippen molar-refractivity contribution in [2.45, 2.75) is 13.1 Å². The molecule has 4 aromatic rings. The van der Waals surface area contributed by atoms with E-state index in [0.29, 0.717) is 18.8 Å². The molecule has 0 atom stereocenters. The van der Waals surface area contributed by atoms with Crippen molar-refractivity contribution in [1.82, 2.24) is 19.6 Å². The lowest BCUT2D eigenvalue weighted by Crippen LogP contribution is -2.11. The van der Waals surface area contributed by atoms with Crippen LogP contribution < -0.4 is 0 Å². The first kappa shape index (κ1) is 15.6. The van der Waals surface area contributed by atoms with Crippen LogP contribution in [-0.4, -0.2) is 32.6 Å². The van der Waals surface area contributed by atoms with Gasteiger partial charge in [-0.25, -0.2) is 9.48 Å². The number of hydrogen-bond donors (Lipinski definition) is 0. The number of benzene rings is 1. The van der Waals surface area contributed by atoms with Crippen molar-refractivity contribution in [3.8, 4) is 0 Å². The van der Waals surface area contributed by atoms with E-state index in [1.165, 1.54) is 7.11 Å². The molecule has 25 heavy (non-hydrogen) atoms. The van der Waals surface area contributed by atoms with Gasteiger partial charge < -0.3 is 9.30 Å². The molecule has 126 valence electrons. The molecule has 6 nitrogen and oxygen atoms in total. The Labute approximate surface area is 148 Å². The van der Waals surface area contributed by atoms with Gasteiger partial charge in [-0.1, -0.05) is 35.5 Å². The number of methoxy groups -OCH3 is 1. The van der Waals surface area contributed by atoms with Crippen molar-refractivity contribution in [1.29, 1.82) is 0 Å². The maximum absolute atomic E-state index is 12.1. The minimum absolute atomic E-state index is 0.347. The van der Waals surface area contributed by atoms with E-state index in [0.717, 1.165) is 21.5 Å². The number of aromatic nitrogens is 4. The summed E-state index contributed by atoms with van der Waals surface area (Å²) in [5.41, 5.74) is 3.49. The predicted molar refractivity (Wildman–Crippen MR) is 95.8 cm³/mol. The van der Waals surface area contributed by atoms with Crippen LogP contribution in [0.2, 0.25) is 0 Å². The highest BCUT2D eigenvalue weighted by molar-refractivity contribution is 7.17. The molecule has 3 aromatic heterocycles. The van der Waals surface area contributed by atoms with Crippen LogP contribution in [0.25, 0.3) is 10.2 Å². The molecule has 0 bridgehead atoms. The molecule has 7 heteroatoms. The van der Waals surface area contributed by atoms with E-state index in [9.17, 15) is 4.79 Å². The summed E-state index contributed by atoms with van der Waals surface area (Å²) in [6.45, 7) is 1.14. The third-order valence-corrected chi connectivity index (χ3v) is 4.86. The van der Waals surface area contributed by atoms with Crippen molar-refractivity contribution in [2.24, 2.45) is 0 Å². The molecule has 0 unspecified atom stereocenters. The molecule has 0 spiro atoms. The number of carbonyl (C=O) groups excluding carboxylic acids is 1. The van der Waals surface area contributed by atoms with E-state index in [1.54, 1.807) is 16.0 Å². The van der Waals surface area contributed by atoms with Gasteiger partial charge in [-0.15, -0.1) is 16.4 Å². The summed E-state index contributed by atoms with van der Waals surface area (Å²) in [5, 5.41) is 10.5. The van der Waals surface area contributed by atoms with E-state index in [1.807, 2.05) is 46.5 Å². The van der Waals surface area contributed by atoms with Crippen LogP contribution in [0.1, 0.15) is 21.7 Å². The number of fused-ring (bicyclic) bond motifs is 1. The smallest absolute Gasteiger partial charge is 0.354 e. The van der Waals surface area contributed by atoms with Gasteiger partial charge in [0.1, 0.15) is 11.4 Å². The molecule has 0 radical (unpaired) electrons. The zero-order valence-corrected chi connectivity index (χ0v) is 14.4. The third-order valence-electron chi connectivity index (χ3n) is 4.01. The molecular weight excluding hydrogens is 336 g/mol. The van der Waals surface area contributed by atoms with E-state index >= 15 is 0 Å². The minimum Gasteiger partial charge on any atom is -0.464 e. The molecule has 0 saturated heterocycles. The summed E-state index contributed by atoms with van der Waals surface area (Å²) < 4.78 is 9.68. The Hall–Kier alpha value is -2.93. The number of esters is 1. The van der Waals surface area contributed by atoms with Crippen molar-refractivity contribution >= 4 is 27.5 Å². The topological polar surface area (TPSA) is 61.9 Å². The summed E-state index contributed by atoms with van der Waals surface area (Å²) in [6, 6.07) is 14.0. The van der Waals surface area contributed by atoms with Crippen LogP contribution in [0.5, 0.6) is 0 Å². The molecule has 0 fully saturated rings. The SMILES string of the molecule is COC(=O)c1cc2sccc2n1Cc1cn(Cc2ccccc2)nn1. The zero-order chi connectivity index (χ0) is 17.2. The number of carbonyl (C=O) groups is 1. The monoisotopic (exact) mass is 352 g/mol. The van der Waals surface area contributed by atoms with E-state index in [4.69, 9.17) is 4.74 Å². The Balaban J connectivity index is 1.61. The second kappa shape index (κ2) is 6.52. The highest BCUT2D eigenvalue weighted by Gasteiger charge is 2.18. The van der Waals surface area contributed by atoms with Gasteiger partial charge in [0.15, 0.2) is 0 Å². The molecule has 1 aromatic carbocycles. The van der Waals surface area contributed by atoms with Gasteiger partial charge in [-0.3, -0.25) is 0 Å². The summed E-state index contributed by atoms with van der Waals surface area (Å²) in [6.07, 6.45) is 1.91. The molecular formula is C18H16N4O2S. The minimum atomic E-state index is -0.347. The molecule has 0 aliphatic rings. The Kier molecular flexibility index (Phi) is 4.07. The second-order valence-corrected chi connectivity index (χ2v) is 6.62. The first-order valence-corrected chi connectivity index (χ1v) is 8.70. The molecule has 0 N–H and O–H groups in total. The van der Waals surface area contributed by atoms with Gasteiger partial charge in [-0.05, 0) is 23.1 Å². The maximum Gasteiger partial charge on any atom is 0.354 e. The van der Waals surface area contributed by atoms with Crippen molar-refractivity contribution in [3.63, 3.8) is 0 Å². The number of thiophene rings is 1. The Morgan fingerprint density at radius 1 is 1.20 bits per heavy atom. The highest BCUT2D eigenvalue weighted by atomic mass is 32.1. The van der Waals surface area contributed by atoms with Gasteiger partial charge in [0, 0.05) is 0 Å². The van der Waals surface area contributed by atoms with Crippen LogP contribution in [-0.2, 0) is 17.8 Å². The van der Waals surface area contributed by atoms with Gasteiger partial charge >= 0.3 is 5.97 Å². The van der Waals surface area contributed by atoms with E-state index < -0.39 is 0 Å². The van der Waals surface area contributed by atoms with Crippen LogP contribution in [0, 0.1) is 0 Å². The number of hydrogen-bond acceptors (Lipinski definition) is 5. The average Bonchev–Trinajstić information content (AvgIpc) is 3.33. The second-order valence-electron chi connectivity index (χ2n) is 5.67. The lowest BCUT2D eigenvalue weighted by Gasteiger charge is -2.06. The van der Waals surface area contributed by atoms with Gasteiger partial charge in [0.05, 0.1) is 36.6 Å². The lowest BCUT2D eigenvalue weighted by molar-refractivity contribution is 0.0589. The quantitative estimate of drug-likeness (QED) is 0.518. The van der Waals surface area contributed by atoms with Crippen LogP contribution in [0.4, 0.5) is 0 Å². The number of rotatable bonds is 5. The van der Waals surface area contributed by atoms with E-state index in [2.05, 4.69) is 22.4 Å². The largest absolute Gasteiger partial charge is 0.464 e. The Bertz CT molecular complexity index is 1020. The standard InChI is InChI=1S/C18H16N4O2S/c1-24-18(23)16-9-17-15(7-8-25-17)22(16)12-14-11-21(20-19-14)10-13-5-3-2-4-6-13/h2-9,11H,10,12H2,1H3. The van der Waals surface area contributed by atoms with Crippen molar-refractivity contribution < 1.29 is 9.53 Å². The zero-order valence-electron chi connectivity index (χ0n) is 13.6. The fourth-order valence-corrected chi connectivity index (χ4v) is 3.66. The summed E-state index contributed by atoms with van der Waals surface area (Å²) in [7, 11) is 1.39. The van der Waals surface area contributed by atoms with Gasteiger partial charge in [-0.2, -0.15) is 0 Å².